The normalized spacial score (nSPS) is 23.2. The monoisotopic (exact) mass is 380 g/mol. The van der Waals surface area contributed by atoms with E-state index in [0.29, 0.717) is 35.3 Å². The minimum Gasteiger partial charge on any atom is -0.342 e. The van der Waals surface area contributed by atoms with Crippen molar-refractivity contribution in [3.8, 4) is 0 Å². The first-order valence-corrected chi connectivity index (χ1v) is 8.32. The average Bonchev–Trinajstić information content (AvgIpc) is 3.31. The van der Waals surface area contributed by atoms with Crippen LogP contribution in [-0.4, -0.2) is 42.2 Å². The Morgan fingerprint density at radius 2 is 1.88 bits per heavy atom. The standard InChI is InChI=1S/C15H14Cl2N6O2/c16-11-1-2-13(14(17)3-11)15(6-23-10-19-8-21-23)24-5-12(25-15)4-22-9-18-7-20-22/h1-3,7-10,12H,4-6H2/t12-,15-/m0/s1. The topological polar surface area (TPSA) is 79.9 Å². The highest BCUT2D eigenvalue weighted by Crippen LogP contribution is 2.40. The summed E-state index contributed by atoms with van der Waals surface area (Å²) in [6.07, 6.45) is 5.96. The third-order valence-corrected chi connectivity index (χ3v) is 4.44. The third kappa shape index (κ3) is 3.38. The number of ether oxygens (including phenoxy) is 2. The van der Waals surface area contributed by atoms with E-state index in [9.17, 15) is 0 Å². The highest BCUT2D eigenvalue weighted by Gasteiger charge is 2.45. The molecule has 0 amide bonds. The molecule has 0 saturated carbocycles. The lowest BCUT2D eigenvalue weighted by Crippen LogP contribution is -2.34. The molecule has 2 atom stereocenters. The van der Waals surface area contributed by atoms with Crippen LogP contribution in [0.4, 0.5) is 0 Å². The average molecular weight is 381 g/mol. The minimum absolute atomic E-state index is 0.211. The molecule has 1 aromatic carbocycles. The van der Waals surface area contributed by atoms with Gasteiger partial charge in [-0.3, -0.25) is 4.68 Å². The van der Waals surface area contributed by atoms with Crippen LogP contribution in [0.15, 0.2) is 43.5 Å². The Kier molecular flexibility index (Phi) is 4.43. The van der Waals surface area contributed by atoms with E-state index in [1.165, 1.54) is 12.7 Å². The highest BCUT2D eigenvalue weighted by atomic mass is 35.5. The van der Waals surface area contributed by atoms with E-state index >= 15 is 0 Å². The zero-order valence-electron chi connectivity index (χ0n) is 13.0. The van der Waals surface area contributed by atoms with Crippen LogP contribution in [-0.2, 0) is 28.4 Å². The summed E-state index contributed by atoms with van der Waals surface area (Å²) < 4.78 is 15.7. The van der Waals surface area contributed by atoms with Gasteiger partial charge in [-0.1, -0.05) is 29.3 Å². The molecular weight excluding hydrogens is 367 g/mol. The quantitative estimate of drug-likeness (QED) is 0.674. The Morgan fingerprint density at radius 1 is 1.12 bits per heavy atom. The van der Waals surface area contributed by atoms with Crippen molar-refractivity contribution >= 4 is 23.2 Å². The first kappa shape index (κ1) is 16.5. The van der Waals surface area contributed by atoms with Gasteiger partial charge in [-0.05, 0) is 12.1 Å². The minimum atomic E-state index is -1.08. The summed E-state index contributed by atoms with van der Waals surface area (Å²) in [5.74, 6) is -1.08. The molecule has 4 rings (SSSR count). The summed E-state index contributed by atoms with van der Waals surface area (Å²) in [6.45, 7) is 1.21. The molecule has 1 aliphatic heterocycles. The maximum atomic E-state index is 6.41. The summed E-state index contributed by atoms with van der Waals surface area (Å²) in [6, 6.07) is 5.22. The largest absolute Gasteiger partial charge is 0.342 e. The molecule has 0 bridgehead atoms. The van der Waals surface area contributed by atoms with Crippen LogP contribution in [0.1, 0.15) is 5.56 Å². The van der Waals surface area contributed by atoms with Gasteiger partial charge in [0.15, 0.2) is 0 Å². The summed E-state index contributed by atoms with van der Waals surface area (Å²) in [7, 11) is 0. The fourth-order valence-corrected chi connectivity index (χ4v) is 3.38. The number of halogens is 2. The molecule has 3 heterocycles. The summed E-state index contributed by atoms with van der Waals surface area (Å²) >= 11 is 12.4. The SMILES string of the molecule is Clc1ccc([C@@]2(Cn3cncn3)OC[C@H](Cn3cncn3)O2)c(Cl)c1. The van der Waals surface area contributed by atoms with Crippen LogP contribution in [0.5, 0.6) is 0 Å². The van der Waals surface area contributed by atoms with Crippen molar-refractivity contribution in [1.29, 1.82) is 0 Å². The van der Waals surface area contributed by atoms with Crippen molar-refractivity contribution in [3.63, 3.8) is 0 Å². The van der Waals surface area contributed by atoms with Crippen molar-refractivity contribution in [2.45, 2.75) is 25.0 Å². The van der Waals surface area contributed by atoms with Gasteiger partial charge in [0.05, 0.1) is 18.2 Å². The highest BCUT2D eigenvalue weighted by molar-refractivity contribution is 6.35. The fourth-order valence-electron chi connectivity index (χ4n) is 2.83. The zero-order valence-corrected chi connectivity index (χ0v) is 14.5. The van der Waals surface area contributed by atoms with Gasteiger partial charge in [0.25, 0.3) is 0 Å². The maximum absolute atomic E-state index is 6.41. The fraction of sp³-hybridized carbons (Fsp3) is 0.333. The Labute approximate surface area is 153 Å². The summed E-state index contributed by atoms with van der Waals surface area (Å²) in [5, 5.41) is 9.26. The van der Waals surface area contributed by atoms with E-state index in [4.69, 9.17) is 32.7 Å². The molecule has 0 unspecified atom stereocenters. The van der Waals surface area contributed by atoms with Crippen molar-refractivity contribution in [2.75, 3.05) is 6.61 Å². The molecule has 0 N–H and O–H groups in total. The van der Waals surface area contributed by atoms with Crippen molar-refractivity contribution in [1.82, 2.24) is 29.5 Å². The Hall–Kier alpha value is -2.00. The van der Waals surface area contributed by atoms with Crippen LogP contribution in [0.25, 0.3) is 0 Å². The number of hydrogen-bond acceptors (Lipinski definition) is 6. The molecule has 3 aromatic rings. The van der Waals surface area contributed by atoms with E-state index in [1.807, 2.05) is 0 Å². The van der Waals surface area contributed by atoms with Crippen molar-refractivity contribution < 1.29 is 9.47 Å². The van der Waals surface area contributed by atoms with E-state index in [2.05, 4.69) is 20.2 Å². The second-order valence-electron chi connectivity index (χ2n) is 5.64. The smallest absolute Gasteiger partial charge is 0.217 e. The zero-order chi connectivity index (χ0) is 17.3. The number of nitrogens with zero attached hydrogens (tertiary/aromatic N) is 6. The van der Waals surface area contributed by atoms with Crippen molar-refractivity contribution in [2.24, 2.45) is 0 Å². The van der Waals surface area contributed by atoms with Crippen LogP contribution in [0, 0.1) is 0 Å². The molecule has 2 aromatic heterocycles. The molecule has 1 aliphatic rings. The van der Waals surface area contributed by atoms with E-state index in [0.717, 1.165) is 0 Å². The lowest BCUT2D eigenvalue weighted by Gasteiger charge is -2.29. The number of hydrogen-bond donors (Lipinski definition) is 0. The predicted octanol–water partition coefficient (Wildman–Crippen LogP) is 2.14. The van der Waals surface area contributed by atoms with E-state index in [1.54, 1.807) is 40.2 Å². The molecule has 0 aliphatic carbocycles. The van der Waals surface area contributed by atoms with Gasteiger partial charge in [0.2, 0.25) is 5.79 Å². The second kappa shape index (κ2) is 6.72. The summed E-state index contributed by atoms with van der Waals surface area (Å²) in [4.78, 5) is 7.91. The van der Waals surface area contributed by atoms with Gasteiger partial charge in [-0.15, -0.1) is 0 Å². The van der Waals surface area contributed by atoms with Crippen LogP contribution < -0.4 is 0 Å². The lowest BCUT2D eigenvalue weighted by atomic mass is 10.1. The molecule has 8 nitrogen and oxygen atoms in total. The number of benzene rings is 1. The Bertz CT molecular complexity index is 842. The van der Waals surface area contributed by atoms with Crippen molar-refractivity contribution in [3.05, 3.63) is 59.1 Å². The molecule has 0 spiro atoms. The molecule has 10 heteroatoms. The van der Waals surface area contributed by atoms with Crippen LogP contribution >= 0.6 is 23.2 Å². The molecular formula is C15H14Cl2N6O2. The van der Waals surface area contributed by atoms with E-state index < -0.39 is 5.79 Å². The maximum Gasteiger partial charge on any atom is 0.217 e. The molecule has 1 fully saturated rings. The van der Waals surface area contributed by atoms with Gasteiger partial charge < -0.3 is 9.47 Å². The van der Waals surface area contributed by atoms with Crippen LogP contribution in [0.2, 0.25) is 10.0 Å². The van der Waals surface area contributed by atoms with Gasteiger partial charge in [-0.2, -0.15) is 10.2 Å². The molecule has 1 saturated heterocycles. The predicted molar refractivity (Wildman–Crippen MR) is 89.0 cm³/mol. The first-order chi connectivity index (χ1) is 12.1. The number of aromatic nitrogens is 6. The molecule has 25 heavy (non-hydrogen) atoms. The third-order valence-electron chi connectivity index (χ3n) is 3.89. The Balaban J connectivity index is 1.65. The second-order valence-corrected chi connectivity index (χ2v) is 6.48. The van der Waals surface area contributed by atoms with Gasteiger partial charge in [0.1, 0.15) is 38.0 Å². The van der Waals surface area contributed by atoms with Gasteiger partial charge in [0, 0.05) is 10.6 Å². The number of rotatable bonds is 5. The van der Waals surface area contributed by atoms with E-state index in [-0.39, 0.29) is 6.10 Å². The Morgan fingerprint density at radius 3 is 2.56 bits per heavy atom. The van der Waals surface area contributed by atoms with Gasteiger partial charge >= 0.3 is 0 Å². The molecule has 0 radical (unpaired) electrons. The summed E-state index contributed by atoms with van der Waals surface area (Å²) in [5.41, 5.74) is 0.690. The van der Waals surface area contributed by atoms with Gasteiger partial charge in [-0.25, -0.2) is 14.6 Å². The first-order valence-electron chi connectivity index (χ1n) is 7.57. The lowest BCUT2D eigenvalue weighted by molar-refractivity contribution is -0.189. The molecule has 130 valence electrons. The van der Waals surface area contributed by atoms with Crippen LogP contribution in [0.3, 0.4) is 0 Å².